The van der Waals surface area contributed by atoms with Gasteiger partial charge in [0, 0.05) is 24.3 Å². The third kappa shape index (κ3) is 3.76. The molecule has 0 radical (unpaired) electrons. The number of nitrogens with one attached hydrogen (secondary N) is 1. The first-order valence-corrected chi connectivity index (χ1v) is 7.88. The van der Waals surface area contributed by atoms with Gasteiger partial charge in [-0.15, -0.1) is 0 Å². The van der Waals surface area contributed by atoms with Crippen molar-refractivity contribution in [1.29, 1.82) is 0 Å². The van der Waals surface area contributed by atoms with Crippen molar-refractivity contribution in [2.75, 3.05) is 11.9 Å². The van der Waals surface area contributed by atoms with E-state index in [4.69, 9.17) is 11.5 Å². The molecule has 1 aromatic carbocycles. The summed E-state index contributed by atoms with van der Waals surface area (Å²) < 4.78 is 0. The highest BCUT2D eigenvalue weighted by Gasteiger charge is 2.07. The second-order valence-electron chi connectivity index (χ2n) is 5.72. The maximum Gasteiger partial charge on any atom is 0.132 e. The highest BCUT2D eigenvalue weighted by molar-refractivity contribution is 5.64. The Morgan fingerprint density at radius 1 is 1.04 bits per heavy atom. The fourth-order valence-corrected chi connectivity index (χ4v) is 2.47. The van der Waals surface area contributed by atoms with Crippen molar-refractivity contribution in [3.8, 4) is 11.3 Å². The number of nitrogens with zero attached hydrogens (tertiary/aromatic N) is 2. The van der Waals surface area contributed by atoms with Gasteiger partial charge in [0.2, 0.25) is 0 Å². The first kappa shape index (κ1) is 16.1. The van der Waals surface area contributed by atoms with Crippen LogP contribution in [0.4, 0.5) is 11.6 Å². The van der Waals surface area contributed by atoms with E-state index in [1.807, 2.05) is 61.5 Å². The van der Waals surface area contributed by atoms with Gasteiger partial charge in [-0.05, 0) is 48.4 Å². The van der Waals surface area contributed by atoms with Crippen LogP contribution in [-0.2, 0) is 0 Å². The second kappa shape index (κ2) is 7.21. The molecule has 1 atom stereocenters. The summed E-state index contributed by atoms with van der Waals surface area (Å²) >= 11 is 0. The van der Waals surface area contributed by atoms with Gasteiger partial charge in [-0.2, -0.15) is 0 Å². The topological polar surface area (TPSA) is 89.8 Å². The Morgan fingerprint density at radius 2 is 1.88 bits per heavy atom. The van der Waals surface area contributed by atoms with E-state index in [9.17, 15) is 0 Å². The Hall–Kier alpha value is -2.76. The summed E-state index contributed by atoms with van der Waals surface area (Å²) in [6.07, 6.45) is 1.78. The van der Waals surface area contributed by atoms with Crippen LogP contribution in [0.25, 0.3) is 11.3 Å². The fourth-order valence-electron chi connectivity index (χ4n) is 2.47. The van der Waals surface area contributed by atoms with E-state index in [0.717, 1.165) is 34.0 Å². The van der Waals surface area contributed by atoms with Crippen LogP contribution >= 0.6 is 0 Å². The van der Waals surface area contributed by atoms with E-state index >= 15 is 0 Å². The van der Waals surface area contributed by atoms with Crippen LogP contribution in [-0.4, -0.2) is 16.5 Å². The minimum atomic E-state index is -0.164. The molecule has 5 N–H and O–H groups in total. The number of rotatable bonds is 5. The van der Waals surface area contributed by atoms with E-state index in [-0.39, 0.29) is 6.04 Å². The van der Waals surface area contributed by atoms with Gasteiger partial charge in [0.05, 0.1) is 5.69 Å². The summed E-state index contributed by atoms with van der Waals surface area (Å²) in [4.78, 5) is 8.98. The monoisotopic (exact) mass is 319 g/mol. The van der Waals surface area contributed by atoms with Crippen LogP contribution in [0.5, 0.6) is 0 Å². The van der Waals surface area contributed by atoms with Crippen molar-refractivity contribution in [2.45, 2.75) is 13.0 Å². The average molecular weight is 319 g/mol. The van der Waals surface area contributed by atoms with E-state index in [1.165, 1.54) is 0 Å². The molecule has 0 fully saturated rings. The molecule has 24 heavy (non-hydrogen) atoms. The highest BCUT2D eigenvalue weighted by Crippen LogP contribution is 2.23. The SMILES string of the molecule is Cc1ccnc(Nc2cccc(-c3cccc(C(N)CN)c3)n2)c1. The minimum Gasteiger partial charge on any atom is -0.329 e. The molecule has 0 bridgehead atoms. The number of benzene rings is 1. The third-order valence-electron chi connectivity index (χ3n) is 3.79. The third-order valence-corrected chi connectivity index (χ3v) is 3.79. The molecule has 5 heteroatoms. The van der Waals surface area contributed by atoms with Crippen LogP contribution in [0, 0.1) is 6.92 Å². The van der Waals surface area contributed by atoms with Crippen molar-refractivity contribution >= 4 is 11.6 Å². The summed E-state index contributed by atoms with van der Waals surface area (Å²) in [5, 5.41) is 3.24. The first-order chi connectivity index (χ1) is 11.7. The Morgan fingerprint density at radius 3 is 2.67 bits per heavy atom. The lowest BCUT2D eigenvalue weighted by molar-refractivity contribution is 0.737. The summed E-state index contributed by atoms with van der Waals surface area (Å²) in [5.41, 5.74) is 15.7. The number of aromatic nitrogens is 2. The summed E-state index contributed by atoms with van der Waals surface area (Å²) in [6.45, 7) is 2.44. The van der Waals surface area contributed by atoms with Crippen molar-refractivity contribution < 1.29 is 0 Å². The predicted octanol–water partition coefficient (Wildman–Crippen LogP) is 3.15. The number of pyridine rings is 2. The van der Waals surface area contributed by atoms with Crippen molar-refractivity contribution in [1.82, 2.24) is 9.97 Å². The number of hydrogen-bond donors (Lipinski definition) is 3. The van der Waals surface area contributed by atoms with Crippen LogP contribution in [0.1, 0.15) is 17.2 Å². The minimum absolute atomic E-state index is 0.164. The van der Waals surface area contributed by atoms with Crippen LogP contribution in [0.3, 0.4) is 0 Å². The molecule has 3 rings (SSSR count). The molecule has 0 saturated carbocycles. The molecule has 0 aliphatic carbocycles. The van der Waals surface area contributed by atoms with Gasteiger partial charge in [0.25, 0.3) is 0 Å². The smallest absolute Gasteiger partial charge is 0.132 e. The number of anilines is 2. The van der Waals surface area contributed by atoms with Gasteiger partial charge in [0.1, 0.15) is 11.6 Å². The van der Waals surface area contributed by atoms with Gasteiger partial charge in [-0.1, -0.05) is 24.3 Å². The average Bonchev–Trinajstić information content (AvgIpc) is 2.61. The molecule has 0 spiro atoms. The lowest BCUT2D eigenvalue weighted by Crippen LogP contribution is -2.20. The normalized spacial score (nSPS) is 12.0. The molecule has 2 heterocycles. The predicted molar refractivity (Wildman–Crippen MR) is 97.9 cm³/mol. The van der Waals surface area contributed by atoms with Crippen molar-refractivity contribution in [3.05, 3.63) is 71.9 Å². The second-order valence-corrected chi connectivity index (χ2v) is 5.72. The molecule has 0 saturated heterocycles. The molecule has 122 valence electrons. The zero-order valence-electron chi connectivity index (χ0n) is 13.6. The van der Waals surface area contributed by atoms with E-state index in [1.54, 1.807) is 6.20 Å². The van der Waals surface area contributed by atoms with Crippen LogP contribution < -0.4 is 16.8 Å². The summed E-state index contributed by atoms with van der Waals surface area (Å²) in [6, 6.07) is 17.7. The molecule has 3 aromatic rings. The lowest BCUT2D eigenvalue weighted by atomic mass is 10.0. The number of hydrogen-bond acceptors (Lipinski definition) is 5. The van der Waals surface area contributed by atoms with Gasteiger partial charge in [-0.3, -0.25) is 0 Å². The largest absolute Gasteiger partial charge is 0.329 e. The van der Waals surface area contributed by atoms with Crippen LogP contribution in [0.2, 0.25) is 0 Å². The molecular weight excluding hydrogens is 298 g/mol. The molecule has 0 aliphatic heterocycles. The van der Waals surface area contributed by atoms with E-state index in [0.29, 0.717) is 6.54 Å². The van der Waals surface area contributed by atoms with Gasteiger partial charge in [0.15, 0.2) is 0 Å². The Balaban J connectivity index is 1.88. The fraction of sp³-hybridized carbons (Fsp3) is 0.158. The number of nitrogens with two attached hydrogens (primary N) is 2. The zero-order valence-corrected chi connectivity index (χ0v) is 13.6. The lowest BCUT2D eigenvalue weighted by Gasteiger charge is -2.11. The quantitative estimate of drug-likeness (QED) is 0.672. The number of aryl methyl sites for hydroxylation is 1. The van der Waals surface area contributed by atoms with Crippen molar-refractivity contribution in [3.63, 3.8) is 0 Å². The molecule has 0 amide bonds. The Kier molecular flexibility index (Phi) is 4.84. The van der Waals surface area contributed by atoms with Crippen molar-refractivity contribution in [2.24, 2.45) is 11.5 Å². The van der Waals surface area contributed by atoms with Crippen LogP contribution in [0.15, 0.2) is 60.8 Å². The van der Waals surface area contributed by atoms with E-state index in [2.05, 4.69) is 15.3 Å². The maximum absolute atomic E-state index is 6.02. The molecule has 1 unspecified atom stereocenters. The Bertz CT molecular complexity index is 831. The standard InChI is InChI=1S/C19H21N5/c1-13-8-9-22-19(10-13)24-18-7-3-6-17(23-18)15-5-2-4-14(11-15)16(21)12-20/h2-11,16H,12,20-21H2,1H3,(H,22,23,24). The zero-order chi connectivity index (χ0) is 16.9. The molecular formula is C19H21N5. The molecule has 2 aromatic heterocycles. The summed E-state index contributed by atoms with van der Waals surface area (Å²) in [7, 11) is 0. The molecule has 5 nitrogen and oxygen atoms in total. The Labute approximate surface area is 141 Å². The van der Waals surface area contributed by atoms with Gasteiger partial charge >= 0.3 is 0 Å². The first-order valence-electron chi connectivity index (χ1n) is 7.88. The van der Waals surface area contributed by atoms with Gasteiger partial charge < -0.3 is 16.8 Å². The van der Waals surface area contributed by atoms with E-state index < -0.39 is 0 Å². The maximum atomic E-state index is 6.02. The molecule has 0 aliphatic rings. The summed E-state index contributed by atoms with van der Waals surface area (Å²) in [5.74, 6) is 1.53. The van der Waals surface area contributed by atoms with Gasteiger partial charge in [-0.25, -0.2) is 9.97 Å². The highest BCUT2D eigenvalue weighted by atomic mass is 15.1.